The fourth-order valence-electron chi connectivity index (χ4n) is 0.861. The Labute approximate surface area is 91.3 Å². The molecular formula is C9H12O7. The van der Waals surface area contributed by atoms with Crippen molar-refractivity contribution in [1.29, 1.82) is 0 Å². The van der Waals surface area contributed by atoms with Crippen LogP contribution in [0.4, 0.5) is 0 Å². The van der Waals surface area contributed by atoms with E-state index in [1.165, 1.54) is 0 Å². The zero-order chi connectivity index (χ0) is 12.7. The van der Waals surface area contributed by atoms with E-state index in [-0.39, 0.29) is 0 Å². The van der Waals surface area contributed by atoms with E-state index in [0.29, 0.717) is 0 Å². The van der Waals surface area contributed by atoms with Gasteiger partial charge in [-0.3, -0.25) is 19.2 Å². The van der Waals surface area contributed by atoms with E-state index in [4.69, 9.17) is 0 Å². The van der Waals surface area contributed by atoms with Crippen LogP contribution in [0.5, 0.6) is 0 Å². The molecule has 0 aliphatic heterocycles. The Kier molecular flexibility index (Phi) is 5.94. The second kappa shape index (κ2) is 6.67. The molecule has 0 amide bonds. The molecule has 0 saturated heterocycles. The van der Waals surface area contributed by atoms with Gasteiger partial charge in [-0.15, -0.1) is 0 Å². The average Bonchev–Trinajstić information content (AvgIpc) is 1.97. The van der Waals surface area contributed by atoms with Gasteiger partial charge in [0.2, 0.25) is 0 Å². The van der Waals surface area contributed by atoms with Crippen molar-refractivity contribution in [3.8, 4) is 0 Å². The summed E-state index contributed by atoms with van der Waals surface area (Å²) < 4.78 is 8.25. The van der Waals surface area contributed by atoms with E-state index >= 15 is 0 Å². The standard InChI is InChI=1S/C9H12O7/c1-5(10)15-8(13)3-7(12)4-9(14)16-6(2)11/h7,12H,3-4H2,1-2H3. The molecule has 7 nitrogen and oxygen atoms in total. The maximum atomic E-state index is 10.8. The average molecular weight is 232 g/mol. The molecule has 0 saturated carbocycles. The minimum atomic E-state index is -1.35. The number of hydrogen-bond acceptors (Lipinski definition) is 7. The smallest absolute Gasteiger partial charge is 0.316 e. The maximum absolute atomic E-state index is 10.8. The summed E-state index contributed by atoms with van der Waals surface area (Å²) in [5.41, 5.74) is 0. The summed E-state index contributed by atoms with van der Waals surface area (Å²) in [5, 5.41) is 9.19. The minimum Gasteiger partial charge on any atom is -0.393 e. The Morgan fingerprint density at radius 1 is 0.938 bits per heavy atom. The van der Waals surface area contributed by atoms with Gasteiger partial charge in [0.1, 0.15) is 0 Å². The third-order valence-corrected chi connectivity index (χ3v) is 1.32. The number of esters is 4. The summed E-state index contributed by atoms with van der Waals surface area (Å²) in [6.45, 7) is 2.07. The molecule has 0 rings (SSSR count). The lowest BCUT2D eigenvalue weighted by molar-refractivity contribution is -0.160. The molecule has 0 aromatic carbocycles. The maximum Gasteiger partial charge on any atom is 0.316 e. The SMILES string of the molecule is CC(=O)OC(=O)CC(O)CC(=O)OC(C)=O. The molecule has 16 heavy (non-hydrogen) atoms. The molecule has 7 heteroatoms. The Morgan fingerprint density at radius 2 is 1.25 bits per heavy atom. The lowest BCUT2D eigenvalue weighted by atomic mass is 10.2. The molecule has 0 heterocycles. The number of carbonyl (C=O) groups excluding carboxylic acids is 4. The predicted molar refractivity (Wildman–Crippen MR) is 48.8 cm³/mol. The summed E-state index contributed by atoms with van der Waals surface area (Å²) in [5.74, 6) is -3.50. The first-order chi connectivity index (χ1) is 7.31. The van der Waals surface area contributed by atoms with E-state index < -0.39 is 42.8 Å². The summed E-state index contributed by atoms with van der Waals surface area (Å²) in [6.07, 6.45) is -2.39. The van der Waals surface area contributed by atoms with Gasteiger partial charge in [-0.05, 0) is 0 Å². The molecule has 90 valence electrons. The van der Waals surface area contributed by atoms with Crippen molar-refractivity contribution in [2.24, 2.45) is 0 Å². The molecular weight excluding hydrogens is 220 g/mol. The predicted octanol–water partition coefficient (Wildman–Crippen LogP) is -0.693. The van der Waals surface area contributed by atoms with Gasteiger partial charge >= 0.3 is 23.9 Å². The molecule has 0 aromatic heterocycles. The van der Waals surface area contributed by atoms with Crippen molar-refractivity contribution >= 4 is 23.9 Å². The Morgan fingerprint density at radius 3 is 1.50 bits per heavy atom. The molecule has 0 spiro atoms. The highest BCUT2D eigenvalue weighted by atomic mass is 16.6. The zero-order valence-electron chi connectivity index (χ0n) is 8.89. The molecule has 0 aliphatic rings. The Bertz CT molecular complexity index is 277. The van der Waals surface area contributed by atoms with Gasteiger partial charge in [-0.25, -0.2) is 0 Å². The van der Waals surface area contributed by atoms with Crippen LogP contribution in [-0.2, 0) is 28.7 Å². The lowest BCUT2D eigenvalue weighted by Crippen LogP contribution is -2.22. The highest BCUT2D eigenvalue weighted by molar-refractivity contribution is 5.86. The molecule has 0 aromatic rings. The fraction of sp³-hybridized carbons (Fsp3) is 0.556. The Hall–Kier alpha value is -1.76. The molecule has 0 atom stereocenters. The van der Waals surface area contributed by atoms with Gasteiger partial charge in [0, 0.05) is 13.8 Å². The first kappa shape index (κ1) is 14.2. The van der Waals surface area contributed by atoms with E-state index in [9.17, 15) is 24.3 Å². The third kappa shape index (κ3) is 7.63. The van der Waals surface area contributed by atoms with Crippen LogP contribution in [0.2, 0.25) is 0 Å². The number of aliphatic hydroxyl groups is 1. The van der Waals surface area contributed by atoms with Crippen molar-refractivity contribution in [2.75, 3.05) is 0 Å². The van der Waals surface area contributed by atoms with Gasteiger partial charge < -0.3 is 14.6 Å². The molecule has 0 fully saturated rings. The molecule has 0 radical (unpaired) electrons. The van der Waals surface area contributed by atoms with Gasteiger partial charge in [0.05, 0.1) is 18.9 Å². The fourth-order valence-corrected chi connectivity index (χ4v) is 0.861. The van der Waals surface area contributed by atoms with Gasteiger partial charge in [0.15, 0.2) is 0 Å². The van der Waals surface area contributed by atoms with Crippen molar-refractivity contribution in [3.63, 3.8) is 0 Å². The highest BCUT2D eigenvalue weighted by Gasteiger charge is 2.18. The van der Waals surface area contributed by atoms with Crippen molar-refractivity contribution in [1.82, 2.24) is 0 Å². The van der Waals surface area contributed by atoms with Crippen molar-refractivity contribution < 1.29 is 33.8 Å². The molecule has 1 N–H and O–H groups in total. The van der Waals surface area contributed by atoms with Gasteiger partial charge in [-0.1, -0.05) is 0 Å². The number of aliphatic hydroxyl groups excluding tert-OH is 1. The molecule has 0 aliphatic carbocycles. The molecule has 0 unspecified atom stereocenters. The van der Waals surface area contributed by atoms with E-state index in [2.05, 4.69) is 9.47 Å². The van der Waals surface area contributed by atoms with Crippen molar-refractivity contribution in [2.45, 2.75) is 32.8 Å². The lowest BCUT2D eigenvalue weighted by Gasteiger charge is -2.07. The van der Waals surface area contributed by atoms with E-state index in [0.717, 1.165) is 13.8 Å². The normalized spacial score (nSPS) is 9.75. The van der Waals surface area contributed by atoms with Crippen LogP contribution in [0.15, 0.2) is 0 Å². The van der Waals surface area contributed by atoms with E-state index in [1.54, 1.807) is 0 Å². The number of ether oxygens (including phenoxy) is 2. The van der Waals surface area contributed by atoms with E-state index in [1.807, 2.05) is 0 Å². The summed E-state index contributed by atoms with van der Waals surface area (Å²) >= 11 is 0. The van der Waals surface area contributed by atoms with Crippen LogP contribution in [0.1, 0.15) is 26.7 Å². The monoisotopic (exact) mass is 232 g/mol. The largest absolute Gasteiger partial charge is 0.393 e. The second-order valence-corrected chi connectivity index (χ2v) is 2.99. The van der Waals surface area contributed by atoms with Crippen LogP contribution in [0, 0.1) is 0 Å². The summed E-state index contributed by atoms with van der Waals surface area (Å²) in [6, 6.07) is 0. The number of carbonyl (C=O) groups is 4. The molecule has 0 bridgehead atoms. The van der Waals surface area contributed by atoms with Crippen LogP contribution in [-0.4, -0.2) is 35.1 Å². The second-order valence-electron chi connectivity index (χ2n) is 2.99. The van der Waals surface area contributed by atoms with Gasteiger partial charge in [-0.2, -0.15) is 0 Å². The zero-order valence-corrected chi connectivity index (χ0v) is 8.89. The summed E-state index contributed by atoms with van der Waals surface area (Å²) in [4.78, 5) is 42.4. The van der Waals surface area contributed by atoms with Crippen LogP contribution in [0.25, 0.3) is 0 Å². The summed E-state index contributed by atoms with van der Waals surface area (Å²) in [7, 11) is 0. The minimum absolute atomic E-state index is 0.521. The number of rotatable bonds is 4. The first-order valence-electron chi connectivity index (χ1n) is 4.41. The van der Waals surface area contributed by atoms with Gasteiger partial charge in [0.25, 0.3) is 0 Å². The van der Waals surface area contributed by atoms with Crippen LogP contribution < -0.4 is 0 Å². The quantitative estimate of drug-likeness (QED) is 0.504. The van der Waals surface area contributed by atoms with Crippen molar-refractivity contribution in [3.05, 3.63) is 0 Å². The van der Waals surface area contributed by atoms with Crippen LogP contribution >= 0.6 is 0 Å². The first-order valence-corrected chi connectivity index (χ1v) is 4.41. The highest BCUT2D eigenvalue weighted by Crippen LogP contribution is 2.02. The topological polar surface area (TPSA) is 107 Å². The third-order valence-electron chi connectivity index (χ3n) is 1.32. The van der Waals surface area contributed by atoms with Crippen LogP contribution in [0.3, 0.4) is 0 Å². The Balaban J connectivity index is 3.94. The number of hydrogen-bond donors (Lipinski definition) is 1.